The summed E-state index contributed by atoms with van der Waals surface area (Å²) in [6, 6.07) is 13.5. The predicted molar refractivity (Wildman–Crippen MR) is 131 cm³/mol. The molecular formula is C26H29N5O5. The van der Waals surface area contributed by atoms with Gasteiger partial charge in [0.2, 0.25) is 11.8 Å². The summed E-state index contributed by atoms with van der Waals surface area (Å²) >= 11 is 0. The van der Waals surface area contributed by atoms with Crippen LogP contribution in [-0.2, 0) is 20.7 Å². The van der Waals surface area contributed by atoms with Crippen molar-refractivity contribution in [2.75, 3.05) is 45.9 Å². The van der Waals surface area contributed by atoms with Gasteiger partial charge in [-0.1, -0.05) is 30.3 Å². The van der Waals surface area contributed by atoms with Crippen LogP contribution in [0.3, 0.4) is 0 Å². The molecule has 4 heterocycles. The Morgan fingerprint density at radius 2 is 1.81 bits per heavy atom. The van der Waals surface area contributed by atoms with Crippen molar-refractivity contribution in [2.45, 2.75) is 18.5 Å². The van der Waals surface area contributed by atoms with E-state index in [9.17, 15) is 20.0 Å². The Balaban J connectivity index is 1.36. The normalized spacial score (nSPS) is 23.6. The lowest BCUT2D eigenvalue weighted by Gasteiger charge is -2.47. The maximum Gasteiger partial charge on any atom is 0.246 e. The van der Waals surface area contributed by atoms with E-state index in [-0.39, 0.29) is 24.0 Å². The summed E-state index contributed by atoms with van der Waals surface area (Å²) in [5, 5.41) is 20.8. The number of H-pyrrole nitrogens is 1. The van der Waals surface area contributed by atoms with Crippen LogP contribution in [0.1, 0.15) is 22.9 Å². The highest BCUT2D eigenvalue weighted by Crippen LogP contribution is 2.42. The number of ether oxygens (including phenoxy) is 1. The average molecular weight is 492 g/mol. The molecular weight excluding hydrogens is 462 g/mol. The molecule has 10 nitrogen and oxygen atoms in total. The van der Waals surface area contributed by atoms with Crippen LogP contribution in [0.2, 0.25) is 0 Å². The second-order valence-electron chi connectivity index (χ2n) is 9.63. The highest BCUT2D eigenvalue weighted by Gasteiger charge is 2.48. The molecule has 36 heavy (non-hydrogen) atoms. The van der Waals surface area contributed by atoms with Crippen molar-refractivity contribution in [3.05, 3.63) is 70.6 Å². The van der Waals surface area contributed by atoms with Gasteiger partial charge in [0.15, 0.2) is 5.69 Å². The second kappa shape index (κ2) is 9.30. The summed E-state index contributed by atoms with van der Waals surface area (Å²) < 4.78 is 5.42. The minimum absolute atomic E-state index is 0.0362. The van der Waals surface area contributed by atoms with E-state index in [1.807, 2.05) is 24.3 Å². The third-order valence-corrected chi connectivity index (χ3v) is 7.61. The van der Waals surface area contributed by atoms with Crippen LogP contribution in [0.15, 0.2) is 48.5 Å². The first-order valence-corrected chi connectivity index (χ1v) is 12.3. The SMILES string of the molecule is O=C1[C@@H]2Cc3c([nH]c4ccccc34)C(c3ccc([NH+]([O-])O)cc3)N2C(=O)CN1CCN1CCOCC1. The fraction of sp³-hybridized carbons (Fsp3) is 0.385. The maximum atomic E-state index is 13.8. The Hall–Kier alpha value is -3.28. The largest absolute Gasteiger partial charge is 0.595 e. The number of aromatic nitrogens is 1. The van der Waals surface area contributed by atoms with Crippen LogP contribution in [-0.4, -0.2) is 88.7 Å². The lowest BCUT2D eigenvalue weighted by Crippen LogP contribution is -2.99. The molecule has 0 spiro atoms. The first kappa shape index (κ1) is 23.1. The molecule has 3 aliphatic heterocycles. The van der Waals surface area contributed by atoms with Gasteiger partial charge in [0.25, 0.3) is 0 Å². The summed E-state index contributed by atoms with van der Waals surface area (Å²) in [5.74, 6) is -0.135. The fourth-order valence-corrected chi connectivity index (χ4v) is 5.75. The minimum atomic E-state index is -1.01. The first-order chi connectivity index (χ1) is 17.5. The van der Waals surface area contributed by atoms with Crippen LogP contribution < -0.4 is 5.23 Å². The summed E-state index contributed by atoms with van der Waals surface area (Å²) in [7, 11) is 0. The highest BCUT2D eigenvalue weighted by molar-refractivity contribution is 5.97. The number of aromatic amines is 1. The lowest BCUT2D eigenvalue weighted by molar-refractivity contribution is -0.991. The van der Waals surface area contributed by atoms with Crippen LogP contribution in [0.5, 0.6) is 0 Å². The predicted octanol–water partition coefficient (Wildman–Crippen LogP) is 0.588. The number of nitrogens with one attached hydrogen (secondary N) is 2. The maximum absolute atomic E-state index is 13.8. The molecule has 2 fully saturated rings. The number of morpholine rings is 1. The molecule has 2 aromatic carbocycles. The topological polar surface area (TPSA) is 117 Å². The zero-order valence-corrected chi connectivity index (χ0v) is 19.9. The van der Waals surface area contributed by atoms with E-state index < -0.39 is 17.3 Å². The Bertz CT molecular complexity index is 1280. The molecule has 3 atom stereocenters. The minimum Gasteiger partial charge on any atom is -0.595 e. The number of para-hydroxylation sites is 1. The van der Waals surface area contributed by atoms with Crippen molar-refractivity contribution in [1.82, 2.24) is 19.7 Å². The highest BCUT2D eigenvalue weighted by atomic mass is 16.8. The third kappa shape index (κ3) is 3.97. The second-order valence-corrected chi connectivity index (χ2v) is 9.63. The van der Waals surface area contributed by atoms with Crippen molar-refractivity contribution >= 4 is 28.4 Å². The molecule has 188 valence electrons. The number of hydrogen-bond acceptors (Lipinski definition) is 6. The van der Waals surface area contributed by atoms with Crippen molar-refractivity contribution in [3.8, 4) is 0 Å². The van der Waals surface area contributed by atoms with Crippen LogP contribution in [0.25, 0.3) is 10.9 Å². The number of benzene rings is 2. The summed E-state index contributed by atoms with van der Waals surface area (Å²) in [6.45, 7) is 4.31. The van der Waals surface area contributed by atoms with E-state index in [2.05, 4.69) is 9.88 Å². The van der Waals surface area contributed by atoms with E-state index >= 15 is 0 Å². The van der Waals surface area contributed by atoms with E-state index in [0.29, 0.717) is 32.7 Å². The number of amides is 2. The molecule has 2 amide bonds. The number of piperazine rings is 1. The Kier molecular flexibility index (Phi) is 5.98. The summed E-state index contributed by atoms with van der Waals surface area (Å²) in [5.41, 5.74) is 3.84. The van der Waals surface area contributed by atoms with Crippen LogP contribution in [0.4, 0.5) is 5.69 Å². The zero-order chi connectivity index (χ0) is 24.8. The van der Waals surface area contributed by atoms with Gasteiger partial charge in [-0.3, -0.25) is 14.5 Å². The molecule has 6 rings (SSSR count). The molecule has 2 saturated heterocycles. The van der Waals surface area contributed by atoms with Crippen molar-refractivity contribution in [3.63, 3.8) is 0 Å². The van der Waals surface area contributed by atoms with E-state index in [1.165, 1.54) is 0 Å². The van der Waals surface area contributed by atoms with Gasteiger partial charge in [-0.05, 0) is 17.2 Å². The number of rotatable bonds is 5. The molecule has 0 radical (unpaired) electrons. The first-order valence-electron chi connectivity index (χ1n) is 12.3. The number of carbonyl (C=O) groups is 2. The van der Waals surface area contributed by atoms with Gasteiger partial charge in [-0.25, -0.2) is 5.21 Å². The molecule has 1 aromatic heterocycles. The van der Waals surface area contributed by atoms with E-state index in [4.69, 9.17) is 4.74 Å². The average Bonchev–Trinajstić information content (AvgIpc) is 3.28. The van der Waals surface area contributed by atoms with Gasteiger partial charge in [-0.15, -0.1) is 0 Å². The molecule has 0 bridgehead atoms. The van der Waals surface area contributed by atoms with Crippen LogP contribution in [0, 0.1) is 5.21 Å². The van der Waals surface area contributed by atoms with E-state index in [0.717, 1.165) is 40.8 Å². The molecule has 0 saturated carbocycles. The molecule has 3 aromatic rings. The van der Waals surface area contributed by atoms with Crippen molar-refractivity contribution in [1.29, 1.82) is 0 Å². The quantitative estimate of drug-likeness (QED) is 0.450. The summed E-state index contributed by atoms with van der Waals surface area (Å²) in [4.78, 5) is 36.5. The Morgan fingerprint density at radius 1 is 1.06 bits per heavy atom. The number of nitrogens with zero attached hydrogens (tertiary/aromatic N) is 3. The summed E-state index contributed by atoms with van der Waals surface area (Å²) in [6.07, 6.45) is 0.446. The lowest BCUT2D eigenvalue weighted by atomic mass is 9.86. The monoisotopic (exact) mass is 491 g/mol. The van der Waals surface area contributed by atoms with Gasteiger partial charge in [0.05, 0.1) is 25.8 Å². The van der Waals surface area contributed by atoms with Crippen molar-refractivity contribution in [2.24, 2.45) is 0 Å². The fourth-order valence-electron chi connectivity index (χ4n) is 5.75. The van der Waals surface area contributed by atoms with Gasteiger partial charge < -0.3 is 24.7 Å². The third-order valence-electron chi connectivity index (χ3n) is 7.61. The van der Waals surface area contributed by atoms with Gasteiger partial charge in [-0.2, -0.15) is 5.23 Å². The number of fused-ring (bicyclic) bond motifs is 4. The number of carbonyl (C=O) groups excluding carboxylic acids is 2. The van der Waals surface area contributed by atoms with Gasteiger partial charge in [0, 0.05) is 61.3 Å². The molecule has 10 heteroatoms. The molecule has 3 N–H and O–H groups in total. The Labute approximate surface area is 208 Å². The van der Waals surface area contributed by atoms with Gasteiger partial charge in [0.1, 0.15) is 6.04 Å². The van der Waals surface area contributed by atoms with Crippen LogP contribution >= 0.6 is 0 Å². The number of quaternary nitrogens is 1. The van der Waals surface area contributed by atoms with E-state index in [1.54, 1.807) is 34.1 Å². The molecule has 3 aliphatic rings. The van der Waals surface area contributed by atoms with Crippen molar-refractivity contribution < 1.29 is 24.8 Å². The standard InChI is InChI=1S/C26H29N5O5/c32-23-16-29(10-9-28-11-13-36-14-12-28)26(33)22-15-20-19-3-1-2-4-21(19)27-24(20)25(30(22)23)17-5-7-18(8-6-17)31(34)35/h1-8,22,25,27,31,34H,9-16H2/t22-,25?/m0/s1. The molecule has 2 unspecified atom stereocenters. The molecule has 0 aliphatic carbocycles. The number of hydrogen-bond donors (Lipinski definition) is 3. The Morgan fingerprint density at radius 3 is 2.56 bits per heavy atom. The van der Waals surface area contributed by atoms with Gasteiger partial charge >= 0.3 is 0 Å². The smallest absolute Gasteiger partial charge is 0.246 e. The zero-order valence-electron chi connectivity index (χ0n) is 19.9.